The molecule has 0 aliphatic rings. The predicted molar refractivity (Wildman–Crippen MR) is 123 cm³/mol. The van der Waals surface area contributed by atoms with Gasteiger partial charge in [0.05, 0.1) is 5.52 Å². The van der Waals surface area contributed by atoms with Crippen LogP contribution >= 0.6 is 11.6 Å². The fourth-order valence-electron chi connectivity index (χ4n) is 3.70. The highest BCUT2D eigenvalue weighted by Crippen LogP contribution is 2.28. The number of hydrogen-bond acceptors (Lipinski definition) is 3. The Morgan fingerprint density at radius 3 is 2.65 bits per heavy atom. The molecule has 31 heavy (non-hydrogen) atoms. The molecule has 2 aromatic heterocycles. The molecule has 5 rings (SSSR count). The third-order valence-corrected chi connectivity index (χ3v) is 5.41. The van der Waals surface area contributed by atoms with Crippen LogP contribution in [-0.4, -0.2) is 15.6 Å². The molecule has 0 unspecified atom stereocenters. The van der Waals surface area contributed by atoms with Crippen LogP contribution in [0.25, 0.3) is 27.8 Å². The van der Waals surface area contributed by atoms with Gasteiger partial charge in [-0.1, -0.05) is 53.2 Å². The highest BCUT2D eigenvalue weighted by Gasteiger charge is 2.21. The Morgan fingerprint density at radius 1 is 1.00 bits per heavy atom. The van der Waals surface area contributed by atoms with E-state index in [0.717, 1.165) is 22.2 Å². The van der Waals surface area contributed by atoms with Crippen molar-refractivity contribution in [1.82, 2.24) is 9.72 Å². The number of hydrogen-bond donors (Lipinski definition) is 1. The maximum absolute atomic E-state index is 13.1. The summed E-state index contributed by atoms with van der Waals surface area (Å²) in [6.45, 7) is 1.74. The summed E-state index contributed by atoms with van der Waals surface area (Å²) in [6.07, 6.45) is 1.99. The van der Waals surface area contributed by atoms with Crippen LogP contribution in [-0.2, 0) is 0 Å². The fraction of sp³-hybridized carbons (Fsp3) is 0.0400. The molecule has 2 heterocycles. The number of nitrogens with zero attached hydrogens (tertiary/aromatic N) is 2. The Kier molecular flexibility index (Phi) is 4.81. The SMILES string of the molecule is Cc1onc(-c2ccccc2)c1C(=O)Nc1ccc2c(ccn2-c2cccc(Cl)c2)c1. The number of benzene rings is 3. The second-order valence-electron chi connectivity index (χ2n) is 7.22. The van der Waals surface area contributed by atoms with Gasteiger partial charge >= 0.3 is 0 Å². The highest BCUT2D eigenvalue weighted by atomic mass is 35.5. The van der Waals surface area contributed by atoms with E-state index in [-0.39, 0.29) is 5.91 Å². The molecule has 0 aliphatic heterocycles. The van der Waals surface area contributed by atoms with Crippen LogP contribution in [0.1, 0.15) is 16.1 Å². The number of rotatable bonds is 4. The van der Waals surface area contributed by atoms with Gasteiger partial charge in [-0.3, -0.25) is 4.79 Å². The quantitative estimate of drug-likeness (QED) is 0.356. The Labute approximate surface area is 183 Å². The van der Waals surface area contributed by atoms with Crippen LogP contribution in [0.15, 0.2) is 89.6 Å². The van der Waals surface area contributed by atoms with Crippen molar-refractivity contribution in [3.8, 4) is 16.9 Å². The number of aryl methyl sites for hydroxylation is 1. The molecular formula is C25H18ClN3O2. The molecular weight excluding hydrogens is 410 g/mol. The average molecular weight is 428 g/mol. The monoisotopic (exact) mass is 427 g/mol. The number of amides is 1. The molecule has 0 fully saturated rings. The van der Waals surface area contributed by atoms with E-state index < -0.39 is 0 Å². The van der Waals surface area contributed by atoms with E-state index >= 15 is 0 Å². The van der Waals surface area contributed by atoms with E-state index in [0.29, 0.717) is 27.7 Å². The van der Waals surface area contributed by atoms with Crippen molar-refractivity contribution in [2.75, 3.05) is 5.32 Å². The first-order chi connectivity index (χ1) is 15.1. The van der Waals surface area contributed by atoms with Gasteiger partial charge in [0.2, 0.25) is 0 Å². The van der Waals surface area contributed by atoms with Gasteiger partial charge in [0.15, 0.2) is 0 Å². The highest BCUT2D eigenvalue weighted by molar-refractivity contribution is 6.30. The van der Waals surface area contributed by atoms with Crippen LogP contribution < -0.4 is 5.32 Å². The van der Waals surface area contributed by atoms with Crippen LogP contribution in [0.3, 0.4) is 0 Å². The van der Waals surface area contributed by atoms with Crippen molar-refractivity contribution in [3.05, 3.63) is 101 Å². The smallest absolute Gasteiger partial charge is 0.261 e. The molecule has 0 aliphatic carbocycles. The number of carbonyl (C=O) groups is 1. The van der Waals surface area contributed by atoms with Gasteiger partial charge in [0, 0.05) is 33.5 Å². The van der Waals surface area contributed by atoms with Crippen molar-refractivity contribution >= 4 is 34.1 Å². The van der Waals surface area contributed by atoms with Gasteiger partial charge in [-0.2, -0.15) is 0 Å². The summed E-state index contributed by atoms with van der Waals surface area (Å²) in [5, 5.41) is 8.75. The average Bonchev–Trinajstić information content (AvgIpc) is 3.37. The van der Waals surface area contributed by atoms with Gasteiger partial charge in [0.25, 0.3) is 5.91 Å². The molecule has 1 N–H and O–H groups in total. The molecule has 5 nitrogen and oxygen atoms in total. The Balaban J connectivity index is 1.46. The standard InChI is InChI=1S/C25H18ClN3O2/c1-16-23(24(28-31-16)17-6-3-2-4-7-17)25(30)27-20-10-11-22-18(14-20)12-13-29(22)21-9-5-8-19(26)15-21/h2-15H,1H3,(H,27,30). The van der Waals surface area contributed by atoms with E-state index in [2.05, 4.69) is 15.0 Å². The van der Waals surface area contributed by atoms with E-state index in [1.165, 1.54) is 0 Å². The second kappa shape index (κ2) is 7.78. The lowest BCUT2D eigenvalue weighted by Crippen LogP contribution is -2.13. The maximum Gasteiger partial charge on any atom is 0.261 e. The van der Waals surface area contributed by atoms with Gasteiger partial charge < -0.3 is 14.4 Å². The van der Waals surface area contributed by atoms with Crippen molar-refractivity contribution < 1.29 is 9.32 Å². The topological polar surface area (TPSA) is 60.1 Å². The summed E-state index contributed by atoms with van der Waals surface area (Å²) < 4.78 is 7.38. The van der Waals surface area contributed by atoms with Crippen LogP contribution in [0.4, 0.5) is 5.69 Å². The summed E-state index contributed by atoms with van der Waals surface area (Å²) in [4.78, 5) is 13.1. The van der Waals surface area contributed by atoms with Crippen molar-refractivity contribution in [1.29, 1.82) is 0 Å². The van der Waals surface area contributed by atoms with Crippen LogP contribution in [0, 0.1) is 6.92 Å². The number of aromatic nitrogens is 2. The third kappa shape index (κ3) is 3.60. The second-order valence-corrected chi connectivity index (χ2v) is 7.66. The van der Waals surface area contributed by atoms with Gasteiger partial charge in [0.1, 0.15) is 17.0 Å². The van der Waals surface area contributed by atoms with E-state index in [1.54, 1.807) is 6.92 Å². The summed E-state index contributed by atoms with van der Waals surface area (Å²) >= 11 is 6.14. The number of carbonyl (C=O) groups excluding carboxylic acids is 1. The minimum Gasteiger partial charge on any atom is -0.360 e. The largest absolute Gasteiger partial charge is 0.360 e. The summed E-state index contributed by atoms with van der Waals surface area (Å²) in [5.74, 6) is 0.218. The summed E-state index contributed by atoms with van der Waals surface area (Å²) in [7, 11) is 0. The molecule has 6 heteroatoms. The molecule has 152 valence electrons. The van der Waals surface area contributed by atoms with E-state index in [4.69, 9.17) is 16.1 Å². The number of nitrogens with one attached hydrogen (secondary N) is 1. The Morgan fingerprint density at radius 2 is 1.84 bits per heavy atom. The molecule has 1 amide bonds. The Bertz CT molecular complexity index is 1400. The first-order valence-electron chi connectivity index (χ1n) is 9.80. The third-order valence-electron chi connectivity index (χ3n) is 5.17. The Hall–Kier alpha value is -3.83. The first-order valence-corrected chi connectivity index (χ1v) is 10.2. The number of fused-ring (bicyclic) bond motifs is 1. The molecule has 0 bridgehead atoms. The zero-order valence-electron chi connectivity index (χ0n) is 16.7. The number of anilines is 1. The van der Waals surface area contributed by atoms with Crippen LogP contribution in [0.2, 0.25) is 5.02 Å². The molecule has 5 aromatic rings. The van der Waals surface area contributed by atoms with E-state index in [9.17, 15) is 4.79 Å². The zero-order valence-corrected chi connectivity index (χ0v) is 17.4. The summed E-state index contributed by atoms with van der Waals surface area (Å²) in [5.41, 5.74) is 4.49. The fourth-order valence-corrected chi connectivity index (χ4v) is 3.88. The maximum atomic E-state index is 13.1. The molecule has 0 saturated heterocycles. The molecule has 0 saturated carbocycles. The normalized spacial score (nSPS) is 11.0. The van der Waals surface area contributed by atoms with Gasteiger partial charge in [-0.05, 0) is 49.4 Å². The van der Waals surface area contributed by atoms with Gasteiger partial charge in [-0.25, -0.2) is 0 Å². The van der Waals surface area contributed by atoms with Gasteiger partial charge in [-0.15, -0.1) is 0 Å². The summed E-state index contributed by atoms with van der Waals surface area (Å²) in [6, 6.07) is 25.0. The lowest BCUT2D eigenvalue weighted by atomic mass is 10.1. The van der Waals surface area contributed by atoms with E-state index in [1.807, 2.05) is 85.1 Å². The van der Waals surface area contributed by atoms with Crippen molar-refractivity contribution in [3.63, 3.8) is 0 Å². The predicted octanol–water partition coefficient (Wildman–Crippen LogP) is 6.50. The van der Waals surface area contributed by atoms with Crippen LogP contribution in [0.5, 0.6) is 0 Å². The lowest BCUT2D eigenvalue weighted by Gasteiger charge is -2.08. The minimum absolute atomic E-state index is 0.258. The minimum atomic E-state index is -0.258. The first kappa shape index (κ1) is 19.2. The lowest BCUT2D eigenvalue weighted by molar-refractivity contribution is 0.102. The number of halogens is 1. The zero-order chi connectivity index (χ0) is 21.4. The molecule has 0 radical (unpaired) electrons. The molecule has 0 spiro atoms. The van der Waals surface area contributed by atoms with Crippen molar-refractivity contribution in [2.45, 2.75) is 6.92 Å². The molecule has 3 aromatic carbocycles. The molecule has 0 atom stereocenters. The van der Waals surface area contributed by atoms with Crippen molar-refractivity contribution in [2.24, 2.45) is 0 Å².